The number of hydrogen-bond donors (Lipinski definition) is 0. The summed E-state index contributed by atoms with van der Waals surface area (Å²) >= 11 is 0. The van der Waals surface area contributed by atoms with E-state index in [2.05, 4.69) is 34.9 Å². The van der Waals surface area contributed by atoms with Gasteiger partial charge in [0.2, 0.25) is 0 Å². The zero-order chi connectivity index (χ0) is 15.4. The summed E-state index contributed by atoms with van der Waals surface area (Å²) in [5, 5.41) is 0. The highest BCUT2D eigenvalue weighted by Crippen LogP contribution is 2.39. The molecule has 1 unspecified atom stereocenters. The Morgan fingerprint density at radius 3 is 2.82 bits per heavy atom. The number of likely N-dealkylation sites (tertiary alicyclic amines) is 2. The number of hydrogen-bond acceptors (Lipinski definition) is 3. The lowest BCUT2D eigenvalue weighted by Crippen LogP contribution is -2.44. The Bertz CT molecular complexity index is 490. The van der Waals surface area contributed by atoms with Gasteiger partial charge in [-0.15, -0.1) is 0 Å². The molecule has 2 saturated heterocycles. The van der Waals surface area contributed by atoms with Gasteiger partial charge in [0.25, 0.3) is 0 Å². The monoisotopic (exact) mass is 302 g/mol. The van der Waals surface area contributed by atoms with E-state index >= 15 is 0 Å². The van der Waals surface area contributed by atoms with Crippen LogP contribution < -0.4 is 4.74 Å². The zero-order valence-electron chi connectivity index (χ0n) is 14.2. The zero-order valence-corrected chi connectivity index (χ0v) is 14.2. The van der Waals surface area contributed by atoms with E-state index in [4.69, 9.17) is 4.74 Å². The molecular formula is C19H30N2O. The van der Waals surface area contributed by atoms with Crippen LogP contribution >= 0.6 is 0 Å². The summed E-state index contributed by atoms with van der Waals surface area (Å²) in [7, 11) is 1.75. The molecule has 2 aliphatic rings. The number of nitrogens with zero attached hydrogens (tertiary/aromatic N) is 2. The van der Waals surface area contributed by atoms with Crippen LogP contribution in [0.15, 0.2) is 24.3 Å². The molecule has 2 heterocycles. The van der Waals surface area contributed by atoms with E-state index in [-0.39, 0.29) is 0 Å². The lowest BCUT2D eigenvalue weighted by molar-refractivity contribution is 0.0874. The van der Waals surface area contributed by atoms with Crippen LogP contribution in [0.25, 0.3) is 0 Å². The van der Waals surface area contributed by atoms with Crippen molar-refractivity contribution in [3.05, 3.63) is 29.8 Å². The summed E-state index contributed by atoms with van der Waals surface area (Å²) in [4.78, 5) is 5.34. The summed E-state index contributed by atoms with van der Waals surface area (Å²) in [5.74, 6) is 0.971. The molecule has 2 aliphatic heterocycles. The van der Waals surface area contributed by atoms with Crippen LogP contribution in [0.4, 0.5) is 0 Å². The maximum atomic E-state index is 5.35. The Morgan fingerprint density at radius 1 is 1.14 bits per heavy atom. The Morgan fingerprint density at radius 2 is 2.00 bits per heavy atom. The Balaban J connectivity index is 1.61. The van der Waals surface area contributed by atoms with Gasteiger partial charge in [0.1, 0.15) is 5.75 Å². The third-order valence-electron chi connectivity index (χ3n) is 5.34. The fraction of sp³-hybridized carbons (Fsp3) is 0.684. The van der Waals surface area contributed by atoms with E-state index in [9.17, 15) is 0 Å². The van der Waals surface area contributed by atoms with Gasteiger partial charge in [-0.1, -0.05) is 19.1 Å². The first-order valence-electron chi connectivity index (χ1n) is 8.81. The van der Waals surface area contributed by atoms with Crippen molar-refractivity contribution in [3.63, 3.8) is 0 Å². The number of methoxy groups -OCH3 is 1. The van der Waals surface area contributed by atoms with E-state index in [1.165, 1.54) is 64.0 Å². The molecule has 1 aromatic carbocycles. The Labute approximate surface area is 135 Å². The molecule has 22 heavy (non-hydrogen) atoms. The van der Waals surface area contributed by atoms with Crippen molar-refractivity contribution in [1.29, 1.82) is 0 Å². The first kappa shape index (κ1) is 15.8. The molecule has 0 radical (unpaired) electrons. The lowest BCUT2D eigenvalue weighted by atomic mass is 9.79. The lowest BCUT2D eigenvalue weighted by Gasteiger charge is -2.40. The van der Waals surface area contributed by atoms with E-state index in [1.54, 1.807) is 7.11 Å². The van der Waals surface area contributed by atoms with Gasteiger partial charge in [-0.05, 0) is 68.4 Å². The summed E-state index contributed by atoms with van der Waals surface area (Å²) in [6.07, 6.45) is 5.44. The molecule has 2 fully saturated rings. The standard InChI is InChI=1S/C19H30N2O/c1-3-10-20-12-9-19(15-20)8-5-11-21(16-19)14-17-6-4-7-18(13-17)22-2/h4,6-7,13H,3,5,8-12,14-16H2,1-2H3. The third kappa shape index (κ3) is 3.64. The second-order valence-electron chi connectivity index (χ2n) is 7.19. The molecule has 0 aromatic heterocycles. The fourth-order valence-electron chi connectivity index (χ4n) is 4.34. The molecule has 0 N–H and O–H groups in total. The van der Waals surface area contributed by atoms with Crippen molar-refractivity contribution in [3.8, 4) is 5.75 Å². The highest BCUT2D eigenvalue weighted by atomic mass is 16.5. The number of rotatable bonds is 5. The Hall–Kier alpha value is -1.06. The number of piperidine rings is 1. The smallest absolute Gasteiger partial charge is 0.119 e. The summed E-state index contributed by atoms with van der Waals surface area (Å²) < 4.78 is 5.35. The van der Waals surface area contributed by atoms with E-state index in [0.717, 1.165) is 12.3 Å². The van der Waals surface area contributed by atoms with Gasteiger partial charge in [-0.2, -0.15) is 0 Å². The van der Waals surface area contributed by atoms with E-state index in [1.807, 2.05) is 6.07 Å². The first-order valence-corrected chi connectivity index (χ1v) is 8.81. The molecular weight excluding hydrogens is 272 g/mol. The van der Waals surface area contributed by atoms with Gasteiger partial charge in [-0.25, -0.2) is 0 Å². The van der Waals surface area contributed by atoms with Crippen molar-refractivity contribution in [2.45, 2.75) is 39.2 Å². The Kier molecular flexibility index (Phi) is 5.04. The predicted octanol–water partition coefficient (Wildman–Crippen LogP) is 3.39. The summed E-state index contributed by atoms with van der Waals surface area (Å²) in [6, 6.07) is 8.54. The van der Waals surface area contributed by atoms with Crippen molar-refractivity contribution in [1.82, 2.24) is 9.80 Å². The van der Waals surface area contributed by atoms with Crippen LogP contribution in [0.1, 0.15) is 38.2 Å². The number of ether oxygens (including phenoxy) is 1. The van der Waals surface area contributed by atoms with Gasteiger partial charge >= 0.3 is 0 Å². The molecule has 0 saturated carbocycles. The minimum Gasteiger partial charge on any atom is -0.497 e. The van der Waals surface area contributed by atoms with Crippen molar-refractivity contribution in [2.75, 3.05) is 39.8 Å². The van der Waals surface area contributed by atoms with Gasteiger partial charge in [0, 0.05) is 19.6 Å². The molecule has 1 spiro atoms. The molecule has 1 aromatic rings. The highest BCUT2D eigenvalue weighted by Gasteiger charge is 2.40. The normalized spacial score (nSPS) is 26.6. The van der Waals surface area contributed by atoms with Crippen LogP contribution in [-0.4, -0.2) is 49.6 Å². The quantitative estimate of drug-likeness (QED) is 0.829. The van der Waals surface area contributed by atoms with E-state index < -0.39 is 0 Å². The van der Waals surface area contributed by atoms with Gasteiger partial charge < -0.3 is 9.64 Å². The van der Waals surface area contributed by atoms with Crippen molar-refractivity contribution < 1.29 is 4.74 Å². The van der Waals surface area contributed by atoms with E-state index in [0.29, 0.717) is 5.41 Å². The van der Waals surface area contributed by atoms with Crippen LogP contribution in [0.3, 0.4) is 0 Å². The molecule has 0 aliphatic carbocycles. The fourth-order valence-corrected chi connectivity index (χ4v) is 4.34. The van der Waals surface area contributed by atoms with Crippen LogP contribution in [0.2, 0.25) is 0 Å². The van der Waals surface area contributed by atoms with Crippen LogP contribution in [0, 0.1) is 5.41 Å². The van der Waals surface area contributed by atoms with Crippen LogP contribution in [-0.2, 0) is 6.54 Å². The summed E-state index contributed by atoms with van der Waals surface area (Å²) in [5.41, 5.74) is 1.94. The third-order valence-corrected chi connectivity index (χ3v) is 5.34. The van der Waals surface area contributed by atoms with Crippen molar-refractivity contribution in [2.24, 2.45) is 5.41 Å². The van der Waals surface area contributed by atoms with Crippen molar-refractivity contribution >= 4 is 0 Å². The molecule has 3 heteroatoms. The maximum absolute atomic E-state index is 5.35. The molecule has 1 atom stereocenters. The minimum atomic E-state index is 0.562. The van der Waals surface area contributed by atoms with Gasteiger partial charge in [-0.3, -0.25) is 4.90 Å². The second-order valence-corrected chi connectivity index (χ2v) is 7.19. The molecule has 0 amide bonds. The molecule has 122 valence electrons. The van der Waals surface area contributed by atoms with Crippen LogP contribution in [0.5, 0.6) is 5.75 Å². The SMILES string of the molecule is CCCN1CCC2(CCCN(Cc3cccc(OC)c3)C2)C1. The minimum absolute atomic E-state index is 0.562. The first-order chi connectivity index (χ1) is 10.7. The second kappa shape index (κ2) is 7.01. The molecule has 0 bridgehead atoms. The molecule has 3 nitrogen and oxygen atoms in total. The average Bonchev–Trinajstić information content (AvgIpc) is 2.90. The number of benzene rings is 1. The topological polar surface area (TPSA) is 15.7 Å². The van der Waals surface area contributed by atoms with Gasteiger partial charge in [0.05, 0.1) is 7.11 Å². The largest absolute Gasteiger partial charge is 0.497 e. The highest BCUT2D eigenvalue weighted by molar-refractivity contribution is 5.28. The summed E-state index contributed by atoms with van der Waals surface area (Å²) in [6.45, 7) is 9.76. The maximum Gasteiger partial charge on any atom is 0.119 e. The van der Waals surface area contributed by atoms with Gasteiger partial charge in [0.15, 0.2) is 0 Å². The average molecular weight is 302 g/mol. The predicted molar refractivity (Wildman–Crippen MR) is 91.3 cm³/mol. The molecule has 3 rings (SSSR count).